The Morgan fingerprint density at radius 2 is 1.84 bits per heavy atom. The summed E-state index contributed by atoms with van der Waals surface area (Å²) in [6.07, 6.45) is 7.30. The fraction of sp³-hybridized carbons (Fsp3) is 0.423. The molecule has 1 aromatic heterocycles. The summed E-state index contributed by atoms with van der Waals surface area (Å²) in [6.45, 7) is 2.02. The summed E-state index contributed by atoms with van der Waals surface area (Å²) in [7, 11) is 1.67. The SMILES string of the molecule is COc1ccc(C2(CNC(=O)Cc3coc4cc5c(cc34)CCC5)CCOCC2)cc1. The number of furan rings is 1. The van der Waals surface area contributed by atoms with Crippen molar-refractivity contribution < 1.29 is 18.7 Å². The molecular weight excluding hydrogens is 390 g/mol. The van der Waals surface area contributed by atoms with Crippen LogP contribution in [0.15, 0.2) is 47.1 Å². The molecule has 0 radical (unpaired) electrons. The van der Waals surface area contributed by atoms with Gasteiger partial charge in [0.1, 0.15) is 11.3 Å². The van der Waals surface area contributed by atoms with Gasteiger partial charge in [0.2, 0.25) is 5.91 Å². The zero-order valence-electron chi connectivity index (χ0n) is 18.0. The van der Waals surface area contributed by atoms with E-state index in [0.29, 0.717) is 26.2 Å². The minimum absolute atomic E-state index is 0.0302. The lowest BCUT2D eigenvalue weighted by atomic mass is 9.74. The van der Waals surface area contributed by atoms with Gasteiger partial charge in [0, 0.05) is 36.1 Å². The largest absolute Gasteiger partial charge is 0.497 e. The summed E-state index contributed by atoms with van der Waals surface area (Å²) < 4.78 is 16.7. The van der Waals surface area contributed by atoms with E-state index in [0.717, 1.165) is 48.0 Å². The first kappa shape index (κ1) is 20.1. The van der Waals surface area contributed by atoms with E-state index in [2.05, 4.69) is 29.6 Å². The Morgan fingerprint density at radius 1 is 1.10 bits per heavy atom. The minimum Gasteiger partial charge on any atom is -0.497 e. The highest BCUT2D eigenvalue weighted by Gasteiger charge is 2.35. The van der Waals surface area contributed by atoms with Gasteiger partial charge in [-0.3, -0.25) is 4.79 Å². The Labute approximate surface area is 182 Å². The zero-order chi connectivity index (χ0) is 21.3. The summed E-state index contributed by atoms with van der Waals surface area (Å²) in [4.78, 5) is 12.9. The first-order valence-electron chi connectivity index (χ1n) is 11.2. The van der Waals surface area contributed by atoms with Crippen molar-refractivity contribution in [2.75, 3.05) is 26.9 Å². The van der Waals surface area contributed by atoms with E-state index in [-0.39, 0.29) is 11.3 Å². The van der Waals surface area contributed by atoms with Crippen LogP contribution in [-0.2, 0) is 34.2 Å². The van der Waals surface area contributed by atoms with Gasteiger partial charge in [0.15, 0.2) is 0 Å². The summed E-state index contributed by atoms with van der Waals surface area (Å²) in [5.74, 6) is 0.871. The average Bonchev–Trinajstić information content (AvgIpc) is 3.43. The average molecular weight is 420 g/mol. The molecule has 1 amide bonds. The number of amides is 1. The van der Waals surface area contributed by atoms with Crippen molar-refractivity contribution in [3.63, 3.8) is 0 Å². The number of benzene rings is 2. The predicted octanol–water partition coefficient (Wildman–Crippen LogP) is 4.34. The number of fused-ring (bicyclic) bond motifs is 2. The predicted molar refractivity (Wildman–Crippen MR) is 120 cm³/mol. The standard InChI is InChI=1S/C26H29NO4/c1-29-22-7-5-21(6-8-22)26(9-11-30-12-10-26)17-27-25(28)15-20-16-31-24-14-19-4-2-3-18(19)13-23(20)24/h5-8,13-14,16H,2-4,9-12,15,17H2,1H3,(H,27,28). The van der Waals surface area contributed by atoms with Gasteiger partial charge < -0.3 is 19.2 Å². The molecule has 1 fully saturated rings. The van der Waals surface area contributed by atoms with E-state index in [4.69, 9.17) is 13.9 Å². The minimum atomic E-state index is -0.112. The Balaban J connectivity index is 1.30. The summed E-state index contributed by atoms with van der Waals surface area (Å²) in [5.41, 5.74) is 5.76. The quantitative estimate of drug-likeness (QED) is 0.646. The van der Waals surface area contributed by atoms with Crippen LogP contribution in [-0.4, -0.2) is 32.8 Å². The van der Waals surface area contributed by atoms with Crippen molar-refractivity contribution in [3.8, 4) is 5.75 Å². The Bertz CT molecular complexity index is 1080. The molecular formula is C26H29NO4. The molecule has 0 atom stereocenters. The Hall–Kier alpha value is -2.79. The lowest BCUT2D eigenvalue weighted by Crippen LogP contribution is -2.45. The monoisotopic (exact) mass is 419 g/mol. The number of hydrogen-bond donors (Lipinski definition) is 1. The van der Waals surface area contributed by atoms with E-state index in [1.165, 1.54) is 23.1 Å². The third kappa shape index (κ3) is 3.94. The summed E-state index contributed by atoms with van der Waals surface area (Å²) in [6, 6.07) is 12.6. The molecule has 5 heteroatoms. The molecule has 2 heterocycles. The van der Waals surface area contributed by atoms with Crippen molar-refractivity contribution in [1.82, 2.24) is 5.32 Å². The van der Waals surface area contributed by atoms with Crippen molar-refractivity contribution in [2.45, 2.75) is 43.9 Å². The normalized spacial score (nSPS) is 17.5. The van der Waals surface area contributed by atoms with Gasteiger partial charge >= 0.3 is 0 Å². The lowest BCUT2D eigenvalue weighted by molar-refractivity contribution is -0.120. The Kier molecular flexibility index (Phi) is 5.45. The number of carbonyl (C=O) groups excluding carboxylic acids is 1. The van der Waals surface area contributed by atoms with Crippen molar-refractivity contribution in [1.29, 1.82) is 0 Å². The molecule has 1 N–H and O–H groups in total. The number of hydrogen-bond acceptors (Lipinski definition) is 4. The highest BCUT2D eigenvalue weighted by molar-refractivity contribution is 5.88. The summed E-state index contributed by atoms with van der Waals surface area (Å²) in [5, 5.41) is 4.28. The number of nitrogens with one attached hydrogen (secondary N) is 1. The first-order valence-corrected chi connectivity index (χ1v) is 11.2. The number of ether oxygens (including phenoxy) is 2. The molecule has 0 spiro atoms. The molecule has 1 saturated heterocycles. The molecule has 1 aliphatic heterocycles. The molecule has 162 valence electrons. The van der Waals surface area contributed by atoms with E-state index in [1.807, 2.05) is 12.1 Å². The second-order valence-corrected chi connectivity index (χ2v) is 8.81. The van der Waals surface area contributed by atoms with E-state index < -0.39 is 0 Å². The zero-order valence-corrected chi connectivity index (χ0v) is 18.0. The molecule has 5 rings (SSSR count). The van der Waals surface area contributed by atoms with Crippen LogP contribution in [0.4, 0.5) is 0 Å². The second-order valence-electron chi connectivity index (χ2n) is 8.81. The highest BCUT2D eigenvalue weighted by atomic mass is 16.5. The molecule has 0 saturated carbocycles. The van der Waals surface area contributed by atoms with Gasteiger partial charge in [-0.05, 0) is 73.1 Å². The van der Waals surface area contributed by atoms with Crippen molar-refractivity contribution >= 4 is 16.9 Å². The smallest absolute Gasteiger partial charge is 0.224 e. The molecule has 1 aliphatic carbocycles. The maximum Gasteiger partial charge on any atom is 0.224 e. The number of aryl methyl sites for hydroxylation is 2. The van der Waals surface area contributed by atoms with Crippen LogP contribution in [0.5, 0.6) is 5.75 Å². The molecule has 3 aromatic rings. The molecule has 2 aromatic carbocycles. The van der Waals surface area contributed by atoms with Crippen LogP contribution in [0.25, 0.3) is 11.0 Å². The van der Waals surface area contributed by atoms with Gasteiger partial charge in [-0.25, -0.2) is 0 Å². The summed E-state index contributed by atoms with van der Waals surface area (Å²) >= 11 is 0. The third-order valence-electron chi connectivity index (χ3n) is 7.00. The van der Waals surface area contributed by atoms with E-state index in [9.17, 15) is 4.79 Å². The maximum absolute atomic E-state index is 12.9. The van der Waals surface area contributed by atoms with Gasteiger partial charge in [0.05, 0.1) is 19.8 Å². The molecule has 0 unspecified atom stereocenters. The number of rotatable bonds is 6. The van der Waals surface area contributed by atoms with Gasteiger partial charge in [-0.2, -0.15) is 0 Å². The first-order chi connectivity index (χ1) is 15.2. The van der Waals surface area contributed by atoms with E-state index >= 15 is 0 Å². The number of methoxy groups -OCH3 is 1. The van der Waals surface area contributed by atoms with Crippen LogP contribution in [0.3, 0.4) is 0 Å². The lowest BCUT2D eigenvalue weighted by Gasteiger charge is -2.38. The topological polar surface area (TPSA) is 60.7 Å². The molecule has 5 nitrogen and oxygen atoms in total. The van der Waals surface area contributed by atoms with Gasteiger partial charge in [-0.1, -0.05) is 12.1 Å². The highest BCUT2D eigenvalue weighted by Crippen LogP contribution is 2.35. The Morgan fingerprint density at radius 3 is 2.58 bits per heavy atom. The van der Waals surface area contributed by atoms with Crippen LogP contribution in [0.1, 0.15) is 41.5 Å². The van der Waals surface area contributed by atoms with Crippen molar-refractivity contribution in [3.05, 3.63) is 64.9 Å². The molecule has 0 bridgehead atoms. The molecule has 2 aliphatic rings. The maximum atomic E-state index is 12.9. The third-order valence-corrected chi connectivity index (χ3v) is 7.00. The number of carbonyl (C=O) groups is 1. The van der Waals surface area contributed by atoms with Gasteiger partial charge in [-0.15, -0.1) is 0 Å². The fourth-order valence-corrected chi connectivity index (χ4v) is 5.06. The van der Waals surface area contributed by atoms with Crippen LogP contribution < -0.4 is 10.1 Å². The van der Waals surface area contributed by atoms with Gasteiger partial charge in [0.25, 0.3) is 0 Å². The fourth-order valence-electron chi connectivity index (χ4n) is 5.06. The van der Waals surface area contributed by atoms with Crippen LogP contribution in [0, 0.1) is 0 Å². The van der Waals surface area contributed by atoms with Crippen LogP contribution >= 0.6 is 0 Å². The van der Waals surface area contributed by atoms with Crippen LogP contribution in [0.2, 0.25) is 0 Å². The molecule has 31 heavy (non-hydrogen) atoms. The second kappa shape index (κ2) is 8.39. The van der Waals surface area contributed by atoms with E-state index in [1.54, 1.807) is 13.4 Å². The van der Waals surface area contributed by atoms with Crippen molar-refractivity contribution in [2.24, 2.45) is 0 Å².